The Labute approximate surface area is 200 Å². The number of aliphatic imine (C=N–C) groups is 2. The minimum atomic E-state index is 0.238. The molecular formula is C26H32N6O2. The Balaban J connectivity index is 1.82. The number of methoxy groups -OCH3 is 1. The third-order valence-corrected chi connectivity index (χ3v) is 6.26. The van der Waals surface area contributed by atoms with Gasteiger partial charge in [0.2, 0.25) is 0 Å². The van der Waals surface area contributed by atoms with Crippen LogP contribution in [0.2, 0.25) is 0 Å². The zero-order valence-electron chi connectivity index (χ0n) is 20.5. The SMILES string of the molecule is C=Nc1ccc(N2CCN(C(C)C)Cc3c(O)cc(OC)cc32)cc1/N=C(\C)c1cnn(C)c1. The van der Waals surface area contributed by atoms with Gasteiger partial charge >= 0.3 is 0 Å². The quantitative estimate of drug-likeness (QED) is 0.526. The first-order valence-electron chi connectivity index (χ1n) is 11.4. The molecule has 8 nitrogen and oxygen atoms in total. The number of nitrogens with zero attached hydrogens (tertiary/aromatic N) is 6. The van der Waals surface area contributed by atoms with E-state index in [9.17, 15) is 5.11 Å². The maximum Gasteiger partial charge on any atom is 0.125 e. The molecule has 178 valence electrons. The molecule has 34 heavy (non-hydrogen) atoms. The molecule has 2 heterocycles. The van der Waals surface area contributed by atoms with E-state index in [1.54, 1.807) is 24.1 Å². The van der Waals surface area contributed by atoms with Crippen LogP contribution in [0.3, 0.4) is 0 Å². The molecule has 0 aliphatic carbocycles. The van der Waals surface area contributed by atoms with Gasteiger partial charge in [0.1, 0.15) is 11.5 Å². The van der Waals surface area contributed by atoms with Crippen molar-refractivity contribution in [3.05, 3.63) is 53.9 Å². The number of rotatable bonds is 6. The van der Waals surface area contributed by atoms with Gasteiger partial charge in [0.15, 0.2) is 0 Å². The molecular weight excluding hydrogens is 428 g/mol. The van der Waals surface area contributed by atoms with Crippen molar-refractivity contribution in [3.63, 3.8) is 0 Å². The maximum absolute atomic E-state index is 10.9. The predicted molar refractivity (Wildman–Crippen MR) is 138 cm³/mol. The van der Waals surface area contributed by atoms with Crippen LogP contribution >= 0.6 is 0 Å². The van der Waals surface area contributed by atoms with Crippen LogP contribution in [0, 0.1) is 0 Å². The molecule has 8 heteroatoms. The van der Waals surface area contributed by atoms with Crippen molar-refractivity contribution < 1.29 is 9.84 Å². The average Bonchev–Trinajstić information content (AvgIpc) is 3.15. The molecule has 1 N–H and O–H groups in total. The van der Waals surface area contributed by atoms with Gasteiger partial charge in [0.05, 0.1) is 30.4 Å². The number of fused-ring (bicyclic) bond motifs is 1. The average molecular weight is 461 g/mol. The molecule has 1 aliphatic rings. The number of ether oxygens (including phenoxy) is 1. The fourth-order valence-electron chi connectivity index (χ4n) is 4.23. The monoisotopic (exact) mass is 460 g/mol. The lowest BCUT2D eigenvalue weighted by Gasteiger charge is -2.27. The van der Waals surface area contributed by atoms with E-state index in [0.717, 1.165) is 47.0 Å². The summed E-state index contributed by atoms with van der Waals surface area (Å²) in [6, 6.07) is 10.00. The van der Waals surface area contributed by atoms with E-state index < -0.39 is 0 Å². The summed E-state index contributed by atoms with van der Waals surface area (Å²) >= 11 is 0. The van der Waals surface area contributed by atoms with Crippen LogP contribution in [0.4, 0.5) is 22.7 Å². The maximum atomic E-state index is 10.9. The van der Waals surface area contributed by atoms with Crippen molar-refractivity contribution in [1.29, 1.82) is 0 Å². The molecule has 0 atom stereocenters. The number of phenolic OH excluding ortho intramolecular Hbond substituents is 1. The lowest BCUT2D eigenvalue weighted by atomic mass is 10.1. The standard InChI is InChI=1S/C26H32N6O2/c1-17(2)31-9-10-32(25-12-21(34-6)13-26(33)22(25)16-31)20-7-8-23(27-4)24(11-20)29-18(3)19-14-28-30(5)15-19/h7-8,11-15,17,33H,4,9-10,16H2,1-3,5-6H3/b29-18+. The number of hydrogen-bond acceptors (Lipinski definition) is 7. The van der Waals surface area contributed by atoms with E-state index in [1.807, 2.05) is 44.4 Å². The van der Waals surface area contributed by atoms with Gasteiger partial charge in [0.25, 0.3) is 0 Å². The number of phenols is 1. The molecule has 0 spiro atoms. The summed E-state index contributed by atoms with van der Waals surface area (Å²) in [5.41, 5.74) is 6.01. The molecule has 0 fully saturated rings. The summed E-state index contributed by atoms with van der Waals surface area (Å²) in [6.45, 7) is 12.3. The van der Waals surface area contributed by atoms with Crippen LogP contribution in [0.5, 0.6) is 11.5 Å². The number of aromatic nitrogens is 2. The summed E-state index contributed by atoms with van der Waals surface area (Å²) < 4.78 is 7.23. The van der Waals surface area contributed by atoms with Crippen molar-refractivity contribution in [1.82, 2.24) is 14.7 Å². The Morgan fingerprint density at radius 3 is 2.62 bits per heavy atom. The molecule has 0 unspecified atom stereocenters. The molecule has 3 aromatic rings. The number of anilines is 2. The second-order valence-electron chi connectivity index (χ2n) is 8.79. The molecule has 0 radical (unpaired) electrons. The van der Waals surface area contributed by atoms with E-state index >= 15 is 0 Å². The first-order valence-corrected chi connectivity index (χ1v) is 11.4. The predicted octanol–water partition coefficient (Wildman–Crippen LogP) is 4.97. The Bertz CT molecular complexity index is 1230. The fourth-order valence-corrected chi connectivity index (χ4v) is 4.23. The van der Waals surface area contributed by atoms with Crippen molar-refractivity contribution in [2.24, 2.45) is 17.0 Å². The second-order valence-corrected chi connectivity index (χ2v) is 8.79. The Kier molecular flexibility index (Phi) is 6.70. The fraction of sp³-hybridized carbons (Fsp3) is 0.346. The van der Waals surface area contributed by atoms with Crippen molar-refractivity contribution in [2.45, 2.75) is 33.4 Å². The highest BCUT2D eigenvalue weighted by Crippen LogP contribution is 2.42. The Hall–Kier alpha value is -3.65. The first kappa shape index (κ1) is 23.5. The molecule has 0 saturated carbocycles. The van der Waals surface area contributed by atoms with Crippen molar-refractivity contribution >= 4 is 35.2 Å². The van der Waals surface area contributed by atoms with E-state index in [4.69, 9.17) is 9.73 Å². The van der Waals surface area contributed by atoms with Crippen molar-refractivity contribution in [3.8, 4) is 11.5 Å². The zero-order chi connectivity index (χ0) is 24.4. The van der Waals surface area contributed by atoms with E-state index in [0.29, 0.717) is 24.0 Å². The number of aryl methyl sites for hydroxylation is 1. The molecule has 0 saturated heterocycles. The summed E-state index contributed by atoms with van der Waals surface area (Å²) in [5, 5.41) is 15.1. The summed E-state index contributed by atoms with van der Waals surface area (Å²) in [7, 11) is 3.50. The minimum absolute atomic E-state index is 0.238. The Morgan fingerprint density at radius 2 is 1.97 bits per heavy atom. The molecule has 1 aromatic heterocycles. The smallest absolute Gasteiger partial charge is 0.125 e. The minimum Gasteiger partial charge on any atom is -0.507 e. The normalized spacial score (nSPS) is 14.8. The second kappa shape index (κ2) is 9.69. The molecule has 1 aliphatic heterocycles. The number of hydrogen-bond donors (Lipinski definition) is 1. The first-order chi connectivity index (χ1) is 16.3. The van der Waals surface area contributed by atoms with Gasteiger partial charge in [-0.3, -0.25) is 19.6 Å². The van der Waals surface area contributed by atoms with Gasteiger partial charge in [-0.15, -0.1) is 0 Å². The van der Waals surface area contributed by atoms with Gasteiger partial charge in [-0.25, -0.2) is 0 Å². The van der Waals surface area contributed by atoms with Gasteiger partial charge in [-0.2, -0.15) is 5.10 Å². The molecule has 0 bridgehead atoms. The topological polar surface area (TPSA) is 78.5 Å². The molecule has 4 rings (SSSR count). The Morgan fingerprint density at radius 1 is 1.18 bits per heavy atom. The number of benzene rings is 2. The van der Waals surface area contributed by atoms with Gasteiger partial charge in [-0.1, -0.05) is 0 Å². The van der Waals surface area contributed by atoms with Gasteiger partial charge in [0, 0.05) is 73.6 Å². The third kappa shape index (κ3) is 4.68. The van der Waals surface area contributed by atoms with E-state index in [2.05, 4.69) is 40.5 Å². The zero-order valence-corrected chi connectivity index (χ0v) is 20.5. The van der Waals surface area contributed by atoms with Gasteiger partial charge in [-0.05, 0) is 45.7 Å². The lowest BCUT2D eigenvalue weighted by molar-refractivity contribution is 0.221. The molecule has 0 amide bonds. The highest BCUT2D eigenvalue weighted by Gasteiger charge is 2.26. The third-order valence-electron chi connectivity index (χ3n) is 6.26. The van der Waals surface area contributed by atoms with Crippen LogP contribution < -0.4 is 9.64 Å². The largest absolute Gasteiger partial charge is 0.507 e. The summed E-state index contributed by atoms with van der Waals surface area (Å²) in [6.07, 6.45) is 3.73. The van der Waals surface area contributed by atoms with Crippen LogP contribution in [0.25, 0.3) is 0 Å². The van der Waals surface area contributed by atoms with Crippen LogP contribution in [-0.4, -0.2) is 58.5 Å². The number of aromatic hydroxyl groups is 1. The summed E-state index contributed by atoms with van der Waals surface area (Å²) in [5.74, 6) is 0.858. The molecule has 2 aromatic carbocycles. The van der Waals surface area contributed by atoms with Gasteiger partial charge < -0.3 is 14.7 Å². The van der Waals surface area contributed by atoms with E-state index in [-0.39, 0.29) is 5.75 Å². The summed E-state index contributed by atoms with van der Waals surface area (Å²) in [4.78, 5) is 13.6. The van der Waals surface area contributed by atoms with Crippen LogP contribution in [0.15, 0.2) is 52.7 Å². The van der Waals surface area contributed by atoms with Crippen LogP contribution in [0.1, 0.15) is 31.9 Å². The van der Waals surface area contributed by atoms with Crippen molar-refractivity contribution in [2.75, 3.05) is 25.1 Å². The highest BCUT2D eigenvalue weighted by molar-refractivity contribution is 6.00. The lowest BCUT2D eigenvalue weighted by Crippen LogP contribution is -2.34. The van der Waals surface area contributed by atoms with Crippen LogP contribution in [-0.2, 0) is 13.6 Å². The highest BCUT2D eigenvalue weighted by atomic mass is 16.5. The van der Waals surface area contributed by atoms with E-state index in [1.165, 1.54) is 0 Å².